The van der Waals surface area contributed by atoms with Gasteiger partial charge in [-0.3, -0.25) is 4.79 Å². The molecule has 0 unspecified atom stereocenters. The molecule has 0 heterocycles. The summed E-state index contributed by atoms with van der Waals surface area (Å²) < 4.78 is 4.85. The number of carbonyl (C=O) groups is 1. The lowest BCUT2D eigenvalue weighted by Gasteiger charge is -2.62. The van der Waals surface area contributed by atoms with Crippen molar-refractivity contribution in [3.05, 3.63) is 0 Å². The molecule has 0 spiro atoms. The van der Waals surface area contributed by atoms with E-state index in [1.165, 1.54) is 32.8 Å². The minimum Gasteiger partial charge on any atom is -0.469 e. The Labute approximate surface area is 176 Å². The van der Waals surface area contributed by atoms with Crippen LogP contribution in [0.15, 0.2) is 0 Å². The Morgan fingerprint density at radius 1 is 1.07 bits per heavy atom. The van der Waals surface area contributed by atoms with Crippen molar-refractivity contribution in [1.29, 1.82) is 0 Å². The van der Waals surface area contributed by atoms with Gasteiger partial charge in [-0.05, 0) is 104 Å². The van der Waals surface area contributed by atoms with E-state index in [-0.39, 0.29) is 23.6 Å². The fraction of sp³-hybridized carbons (Fsp3) is 0.960. The molecule has 4 heteroatoms. The molecule has 10 atom stereocenters. The van der Waals surface area contributed by atoms with Crippen LogP contribution in [0.3, 0.4) is 0 Å². The second kappa shape index (κ2) is 7.82. The van der Waals surface area contributed by atoms with Crippen LogP contribution >= 0.6 is 0 Å². The summed E-state index contributed by atoms with van der Waals surface area (Å²) in [5, 5.41) is 21.8. The molecule has 4 fully saturated rings. The molecule has 0 aliphatic heterocycles. The second-order valence-corrected chi connectivity index (χ2v) is 11.5. The molecule has 29 heavy (non-hydrogen) atoms. The zero-order chi connectivity index (χ0) is 21.0. The Morgan fingerprint density at radius 2 is 1.83 bits per heavy atom. The number of fused-ring (bicyclic) bond motifs is 5. The van der Waals surface area contributed by atoms with Crippen molar-refractivity contribution in [2.24, 2.45) is 46.3 Å². The van der Waals surface area contributed by atoms with E-state index >= 15 is 0 Å². The number of hydrogen-bond acceptors (Lipinski definition) is 4. The number of carbonyl (C=O) groups excluding carboxylic acids is 1. The van der Waals surface area contributed by atoms with Gasteiger partial charge in [0.15, 0.2) is 0 Å². The number of aliphatic hydroxyl groups excluding tert-OH is 2. The molecule has 4 aliphatic rings. The SMILES string of the molecule is COC(=O)CC[C@@H](C)[C@H]1CC[C@H]2[C@H]3CC[C@@H]4C[C@H](O)CC[C@]4(C)[C@H]3C[C@H](O)[C@]12C. The van der Waals surface area contributed by atoms with Gasteiger partial charge in [0.2, 0.25) is 0 Å². The van der Waals surface area contributed by atoms with E-state index in [1.807, 2.05) is 0 Å². The Morgan fingerprint density at radius 3 is 2.55 bits per heavy atom. The van der Waals surface area contributed by atoms with Crippen LogP contribution in [-0.2, 0) is 9.53 Å². The zero-order valence-corrected chi connectivity index (χ0v) is 18.9. The van der Waals surface area contributed by atoms with Crippen LogP contribution in [0, 0.1) is 46.3 Å². The summed E-state index contributed by atoms with van der Waals surface area (Å²) in [4.78, 5) is 11.6. The monoisotopic (exact) mass is 406 g/mol. The smallest absolute Gasteiger partial charge is 0.305 e. The lowest BCUT2D eigenvalue weighted by atomic mass is 9.43. The highest BCUT2D eigenvalue weighted by Crippen LogP contribution is 2.68. The van der Waals surface area contributed by atoms with Gasteiger partial charge in [0, 0.05) is 6.42 Å². The largest absolute Gasteiger partial charge is 0.469 e. The maximum absolute atomic E-state index is 11.6. The van der Waals surface area contributed by atoms with Crippen LogP contribution in [0.5, 0.6) is 0 Å². The van der Waals surface area contributed by atoms with E-state index in [0.717, 1.165) is 38.0 Å². The summed E-state index contributed by atoms with van der Waals surface area (Å²) in [5.74, 6) is 3.36. The van der Waals surface area contributed by atoms with Gasteiger partial charge in [-0.15, -0.1) is 0 Å². The van der Waals surface area contributed by atoms with Crippen LogP contribution in [0.2, 0.25) is 0 Å². The lowest BCUT2D eigenvalue weighted by Crippen LogP contribution is -2.58. The Kier molecular flexibility index (Phi) is 5.83. The van der Waals surface area contributed by atoms with Crippen molar-refractivity contribution in [2.45, 2.75) is 97.2 Å². The molecule has 2 N–H and O–H groups in total. The van der Waals surface area contributed by atoms with E-state index in [4.69, 9.17) is 4.74 Å². The van der Waals surface area contributed by atoms with Gasteiger partial charge in [0.05, 0.1) is 19.3 Å². The Bertz CT molecular complexity index is 620. The van der Waals surface area contributed by atoms with Crippen molar-refractivity contribution in [1.82, 2.24) is 0 Å². The molecule has 0 bridgehead atoms. The summed E-state index contributed by atoms with van der Waals surface area (Å²) in [6, 6.07) is 0. The average molecular weight is 407 g/mol. The molecular weight excluding hydrogens is 364 g/mol. The van der Waals surface area contributed by atoms with Crippen molar-refractivity contribution in [3.8, 4) is 0 Å². The molecule has 0 radical (unpaired) electrons. The highest BCUT2D eigenvalue weighted by Gasteiger charge is 2.63. The topological polar surface area (TPSA) is 66.8 Å². The van der Waals surface area contributed by atoms with Crippen LogP contribution in [0.1, 0.15) is 85.0 Å². The van der Waals surface area contributed by atoms with E-state index in [9.17, 15) is 15.0 Å². The molecule has 4 saturated carbocycles. The standard InChI is InChI=1S/C25H42O4/c1-15(5-10-23(28)29-4)19-8-9-20-18-7-6-16-13-17(26)11-12-24(16,2)21(18)14-22(27)25(19,20)3/h15-22,26-27H,5-14H2,1-4H3/t15-,16-,17-,18-,19-,20+,21+,22+,24+,25-/m1/s1. The third-order valence-electron chi connectivity index (χ3n) is 10.5. The highest BCUT2D eigenvalue weighted by atomic mass is 16.5. The minimum atomic E-state index is -0.246. The molecule has 0 aromatic carbocycles. The summed E-state index contributed by atoms with van der Waals surface area (Å²) in [7, 11) is 1.46. The maximum Gasteiger partial charge on any atom is 0.305 e. The minimum absolute atomic E-state index is 0.0198. The number of methoxy groups -OCH3 is 1. The predicted molar refractivity (Wildman–Crippen MR) is 113 cm³/mol. The van der Waals surface area contributed by atoms with Crippen molar-refractivity contribution in [2.75, 3.05) is 7.11 Å². The second-order valence-electron chi connectivity index (χ2n) is 11.5. The number of hydrogen-bond donors (Lipinski definition) is 2. The normalized spacial score (nSPS) is 50.2. The fourth-order valence-electron chi connectivity index (χ4n) is 8.81. The highest BCUT2D eigenvalue weighted by molar-refractivity contribution is 5.69. The Balaban J connectivity index is 1.53. The number of ether oxygens (including phenoxy) is 1. The van der Waals surface area contributed by atoms with Gasteiger partial charge in [0.25, 0.3) is 0 Å². The van der Waals surface area contributed by atoms with Gasteiger partial charge in [-0.25, -0.2) is 0 Å². The molecule has 4 rings (SSSR count). The quantitative estimate of drug-likeness (QED) is 0.671. The van der Waals surface area contributed by atoms with Gasteiger partial charge >= 0.3 is 5.97 Å². The summed E-state index contributed by atoms with van der Waals surface area (Å²) in [5.41, 5.74) is 0.271. The maximum atomic E-state index is 11.6. The van der Waals surface area contributed by atoms with Crippen molar-refractivity contribution >= 4 is 5.97 Å². The molecule has 4 aliphatic carbocycles. The van der Waals surface area contributed by atoms with Crippen LogP contribution in [-0.4, -0.2) is 35.5 Å². The zero-order valence-electron chi connectivity index (χ0n) is 18.9. The summed E-state index contributed by atoms with van der Waals surface area (Å²) >= 11 is 0. The van der Waals surface area contributed by atoms with E-state index in [1.54, 1.807) is 0 Å². The van der Waals surface area contributed by atoms with Crippen molar-refractivity contribution in [3.63, 3.8) is 0 Å². The first-order valence-electron chi connectivity index (χ1n) is 12.1. The van der Waals surface area contributed by atoms with E-state index in [0.29, 0.717) is 41.4 Å². The molecule has 0 aromatic rings. The fourth-order valence-corrected chi connectivity index (χ4v) is 8.81. The van der Waals surface area contributed by atoms with Crippen LogP contribution in [0.25, 0.3) is 0 Å². The van der Waals surface area contributed by atoms with E-state index < -0.39 is 0 Å². The Hall–Kier alpha value is -0.610. The molecular formula is C25H42O4. The summed E-state index contributed by atoms with van der Waals surface area (Å²) in [6.07, 6.45) is 9.86. The van der Waals surface area contributed by atoms with Gasteiger partial charge in [-0.2, -0.15) is 0 Å². The molecule has 0 aromatic heterocycles. The van der Waals surface area contributed by atoms with Gasteiger partial charge < -0.3 is 14.9 Å². The van der Waals surface area contributed by atoms with Crippen molar-refractivity contribution < 1.29 is 19.7 Å². The lowest BCUT2D eigenvalue weighted by molar-refractivity contribution is -0.175. The molecule has 0 amide bonds. The first-order chi connectivity index (χ1) is 13.7. The summed E-state index contributed by atoms with van der Waals surface area (Å²) in [6.45, 7) is 7.12. The van der Waals surface area contributed by atoms with E-state index in [2.05, 4.69) is 20.8 Å². The average Bonchev–Trinajstić information content (AvgIpc) is 3.06. The molecule has 4 nitrogen and oxygen atoms in total. The number of esters is 1. The van der Waals surface area contributed by atoms with Gasteiger partial charge in [-0.1, -0.05) is 20.8 Å². The van der Waals surface area contributed by atoms with Crippen LogP contribution in [0.4, 0.5) is 0 Å². The first-order valence-corrected chi connectivity index (χ1v) is 12.1. The van der Waals surface area contributed by atoms with Gasteiger partial charge in [0.1, 0.15) is 0 Å². The predicted octanol–water partition coefficient (Wildman–Crippen LogP) is 4.57. The third-order valence-corrected chi connectivity index (χ3v) is 10.5. The van der Waals surface area contributed by atoms with Crippen LogP contribution < -0.4 is 0 Å². The molecule has 166 valence electrons. The third kappa shape index (κ3) is 3.37. The number of aliphatic hydroxyl groups is 2. The molecule has 0 saturated heterocycles. The first kappa shape index (κ1) is 21.6. The number of rotatable bonds is 4.